The van der Waals surface area contributed by atoms with Gasteiger partial charge in [-0.1, -0.05) is 18.2 Å². The number of carbonyl (C=O) groups is 1. The van der Waals surface area contributed by atoms with E-state index in [9.17, 15) is 14.3 Å². The Balaban J connectivity index is 1.88. The first kappa shape index (κ1) is 13.0. The number of hydrogen-bond acceptors (Lipinski definition) is 4. The number of benzene rings is 1. The highest BCUT2D eigenvalue weighted by Crippen LogP contribution is 2.27. The van der Waals surface area contributed by atoms with E-state index in [0.29, 0.717) is 5.56 Å². The molecule has 0 radical (unpaired) electrons. The van der Waals surface area contributed by atoms with Gasteiger partial charge in [0.15, 0.2) is 6.17 Å². The fourth-order valence-electron chi connectivity index (χ4n) is 1.79. The monoisotopic (exact) mass is 254 g/mol. The molecular weight excluding hydrogens is 239 g/mol. The van der Waals surface area contributed by atoms with Crippen molar-refractivity contribution in [3.63, 3.8) is 0 Å². The van der Waals surface area contributed by atoms with Crippen LogP contribution in [-0.4, -0.2) is 42.2 Å². The van der Waals surface area contributed by atoms with E-state index in [0.717, 1.165) is 0 Å². The molecule has 1 aliphatic heterocycles. The van der Waals surface area contributed by atoms with Crippen molar-refractivity contribution in [1.29, 1.82) is 0 Å². The Morgan fingerprint density at radius 1 is 1.56 bits per heavy atom. The van der Waals surface area contributed by atoms with Crippen LogP contribution in [0.2, 0.25) is 0 Å². The molecule has 3 atom stereocenters. The summed E-state index contributed by atoms with van der Waals surface area (Å²) < 4.78 is 23.7. The van der Waals surface area contributed by atoms with Gasteiger partial charge in [-0.25, -0.2) is 9.18 Å². The molecule has 0 aromatic heterocycles. The van der Waals surface area contributed by atoms with Crippen LogP contribution in [0.1, 0.15) is 17.3 Å². The maximum absolute atomic E-state index is 13.7. The van der Waals surface area contributed by atoms with E-state index in [-0.39, 0.29) is 13.2 Å². The minimum Gasteiger partial charge on any atom is -0.459 e. The number of carbonyl (C=O) groups excluding carboxylic acids is 1. The summed E-state index contributed by atoms with van der Waals surface area (Å²) in [7, 11) is 0. The molecule has 0 amide bonds. The van der Waals surface area contributed by atoms with E-state index in [4.69, 9.17) is 9.47 Å². The molecule has 5 heteroatoms. The molecule has 1 fully saturated rings. The minimum atomic E-state index is -1.55. The average molecular weight is 254 g/mol. The first-order valence-electron chi connectivity index (χ1n) is 5.71. The highest BCUT2D eigenvalue weighted by molar-refractivity contribution is 5.89. The lowest BCUT2D eigenvalue weighted by atomic mass is 10.0. The zero-order chi connectivity index (χ0) is 13.2. The van der Waals surface area contributed by atoms with Crippen LogP contribution in [0, 0.1) is 0 Å². The highest BCUT2D eigenvalue weighted by atomic mass is 19.1. The molecule has 4 nitrogen and oxygen atoms in total. The Hall–Kier alpha value is -1.46. The first-order chi connectivity index (χ1) is 8.50. The molecule has 1 aliphatic rings. The van der Waals surface area contributed by atoms with Crippen LogP contribution in [0.3, 0.4) is 0 Å². The Morgan fingerprint density at radius 2 is 2.22 bits per heavy atom. The van der Waals surface area contributed by atoms with Gasteiger partial charge < -0.3 is 14.6 Å². The standard InChI is InChI=1S/C13H15FO4/c1-13(16)8-18-10(11(13)14)7-17-12(15)9-5-3-2-4-6-9/h2-6,10-11,16H,7-8H2,1H3/t10-,11+,13?/m1/s1. The zero-order valence-corrected chi connectivity index (χ0v) is 10.0. The third-order valence-electron chi connectivity index (χ3n) is 2.90. The van der Waals surface area contributed by atoms with E-state index in [1.54, 1.807) is 30.3 Å². The molecule has 2 rings (SSSR count). The van der Waals surface area contributed by atoms with Crippen LogP contribution in [0.15, 0.2) is 30.3 Å². The van der Waals surface area contributed by atoms with E-state index in [1.165, 1.54) is 6.92 Å². The Kier molecular flexibility index (Phi) is 3.63. The molecule has 1 heterocycles. The van der Waals surface area contributed by atoms with Crippen LogP contribution in [0.4, 0.5) is 4.39 Å². The largest absolute Gasteiger partial charge is 0.459 e. The number of rotatable bonds is 3. The molecule has 1 saturated heterocycles. The smallest absolute Gasteiger partial charge is 0.338 e. The third kappa shape index (κ3) is 2.68. The Bertz CT molecular complexity index is 418. The molecule has 18 heavy (non-hydrogen) atoms. The van der Waals surface area contributed by atoms with E-state index >= 15 is 0 Å². The number of ether oxygens (including phenoxy) is 2. The van der Waals surface area contributed by atoms with Gasteiger partial charge in [-0.3, -0.25) is 0 Å². The van der Waals surface area contributed by atoms with Crippen molar-refractivity contribution < 1.29 is 23.8 Å². The van der Waals surface area contributed by atoms with Gasteiger partial charge in [-0.2, -0.15) is 0 Å². The number of hydrogen-bond donors (Lipinski definition) is 1. The zero-order valence-electron chi connectivity index (χ0n) is 10.0. The normalized spacial score (nSPS) is 31.3. The van der Waals surface area contributed by atoms with Gasteiger partial charge >= 0.3 is 5.97 Å². The maximum Gasteiger partial charge on any atom is 0.338 e. The molecule has 0 saturated carbocycles. The lowest BCUT2D eigenvalue weighted by Gasteiger charge is -2.19. The second-order valence-electron chi connectivity index (χ2n) is 4.57. The van der Waals surface area contributed by atoms with Crippen molar-refractivity contribution in [3.05, 3.63) is 35.9 Å². The molecule has 1 aromatic rings. The van der Waals surface area contributed by atoms with Gasteiger partial charge in [0.2, 0.25) is 0 Å². The fraction of sp³-hybridized carbons (Fsp3) is 0.462. The van der Waals surface area contributed by atoms with Crippen LogP contribution < -0.4 is 0 Å². The number of aliphatic hydroxyl groups is 1. The maximum atomic E-state index is 13.7. The summed E-state index contributed by atoms with van der Waals surface area (Å²) in [6.45, 7) is 1.06. The van der Waals surface area contributed by atoms with Crippen molar-refractivity contribution in [2.45, 2.75) is 24.8 Å². The summed E-state index contributed by atoms with van der Waals surface area (Å²) in [5.41, 5.74) is -1.11. The first-order valence-corrected chi connectivity index (χ1v) is 5.71. The highest BCUT2D eigenvalue weighted by Gasteiger charge is 2.46. The van der Waals surface area contributed by atoms with Crippen molar-refractivity contribution in [1.82, 2.24) is 0 Å². The summed E-state index contributed by atoms with van der Waals surface area (Å²) in [5, 5.41) is 9.58. The van der Waals surface area contributed by atoms with Crippen molar-refractivity contribution in [2.75, 3.05) is 13.2 Å². The lowest BCUT2D eigenvalue weighted by molar-refractivity contribution is -0.00427. The van der Waals surface area contributed by atoms with E-state index in [2.05, 4.69) is 0 Å². The van der Waals surface area contributed by atoms with E-state index < -0.39 is 23.8 Å². The number of halogens is 1. The van der Waals surface area contributed by atoms with Gasteiger partial charge in [0.05, 0.1) is 12.2 Å². The molecule has 0 aliphatic carbocycles. The number of esters is 1. The Labute approximate surface area is 104 Å². The summed E-state index contributed by atoms with van der Waals surface area (Å²) in [6.07, 6.45) is -2.46. The predicted molar refractivity (Wildman–Crippen MR) is 62.0 cm³/mol. The quantitative estimate of drug-likeness (QED) is 0.827. The molecule has 1 N–H and O–H groups in total. The molecule has 1 aromatic carbocycles. The number of alkyl halides is 1. The minimum absolute atomic E-state index is 0.0955. The Morgan fingerprint density at radius 3 is 2.78 bits per heavy atom. The van der Waals surface area contributed by atoms with Gasteiger partial charge in [-0.05, 0) is 19.1 Å². The molecule has 1 unspecified atom stereocenters. The van der Waals surface area contributed by atoms with Crippen molar-refractivity contribution in [2.24, 2.45) is 0 Å². The van der Waals surface area contributed by atoms with Crippen molar-refractivity contribution in [3.8, 4) is 0 Å². The summed E-state index contributed by atoms with van der Waals surface area (Å²) >= 11 is 0. The lowest BCUT2D eigenvalue weighted by Crippen LogP contribution is -2.39. The summed E-state index contributed by atoms with van der Waals surface area (Å²) in [5.74, 6) is -0.530. The van der Waals surface area contributed by atoms with E-state index in [1.807, 2.05) is 0 Å². The van der Waals surface area contributed by atoms with Gasteiger partial charge in [-0.15, -0.1) is 0 Å². The van der Waals surface area contributed by atoms with Crippen LogP contribution in [0.25, 0.3) is 0 Å². The summed E-state index contributed by atoms with van der Waals surface area (Å²) in [6, 6.07) is 8.43. The second kappa shape index (κ2) is 5.04. The van der Waals surface area contributed by atoms with Crippen LogP contribution in [0.5, 0.6) is 0 Å². The molecule has 0 bridgehead atoms. The average Bonchev–Trinajstić information content (AvgIpc) is 2.63. The van der Waals surface area contributed by atoms with Crippen molar-refractivity contribution >= 4 is 5.97 Å². The molecule has 98 valence electrons. The topological polar surface area (TPSA) is 55.8 Å². The van der Waals surface area contributed by atoms with Gasteiger partial charge in [0.1, 0.15) is 18.3 Å². The summed E-state index contributed by atoms with van der Waals surface area (Å²) in [4.78, 5) is 11.6. The predicted octanol–water partition coefficient (Wildman–Crippen LogP) is 1.33. The second-order valence-corrected chi connectivity index (χ2v) is 4.57. The fourth-order valence-corrected chi connectivity index (χ4v) is 1.79. The molecular formula is C13H15FO4. The van der Waals surface area contributed by atoms with Gasteiger partial charge in [0.25, 0.3) is 0 Å². The van der Waals surface area contributed by atoms with Crippen LogP contribution >= 0.6 is 0 Å². The van der Waals surface area contributed by atoms with Gasteiger partial charge in [0, 0.05) is 0 Å². The third-order valence-corrected chi connectivity index (χ3v) is 2.90. The molecule has 0 spiro atoms. The SMILES string of the molecule is CC1(O)CO[C@H](COC(=O)c2ccccc2)[C@@H]1F. The van der Waals surface area contributed by atoms with Crippen LogP contribution in [-0.2, 0) is 9.47 Å².